The molecule has 1 saturated heterocycles. The molecule has 2 aromatic heterocycles. The fourth-order valence-electron chi connectivity index (χ4n) is 4.13. The van der Waals surface area contributed by atoms with Gasteiger partial charge in [0.05, 0.1) is 23.7 Å². The smallest absolute Gasteiger partial charge is 0.232 e. The van der Waals surface area contributed by atoms with Gasteiger partial charge in [0.1, 0.15) is 5.75 Å². The largest absolute Gasteiger partial charge is 0.497 e. The summed E-state index contributed by atoms with van der Waals surface area (Å²) in [5, 5.41) is 7.54. The van der Waals surface area contributed by atoms with Gasteiger partial charge in [0, 0.05) is 41.1 Å². The maximum absolute atomic E-state index is 12.6. The molecule has 1 aliphatic carbocycles. The predicted octanol–water partition coefficient (Wildman–Crippen LogP) is 5.27. The molecule has 0 spiro atoms. The fraction of sp³-hybridized carbons (Fsp3) is 0.280. The van der Waals surface area contributed by atoms with Gasteiger partial charge in [-0.1, -0.05) is 29.4 Å². The fourth-order valence-corrected chi connectivity index (χ4v) is 5.13. The van der Waals surface area contributed by atoms with E-state index in [1.54, 1.807) is 23.3 Å². The zero-order chi connectivity index (χ0) is 22.4. The van der Waals surface area contributed by atoms with Gasteiger partial charge in [-0.05, 0) is 37.1 Å². The van der Waals surface area contributed by atoms with Crippen molar-refractivity contribution >= 4 is 22.9 Å². The molecule has 3 heterocycles. The topological polar surface area (TPSA) is 81.3 Å². The van der Waals surface area contributed by atoms with Crippen LogP contribution in [0.3, 0.4) is 0 Å². The van der Waals surface area contributed by atoms with E-state index in [0.29, 0.717) is 30.6 Å². The van der Waals surface area contributed by atoms with Crippen molar-refractivity contribution in [3.63, 3.8) is 0 Å². The summed E-state index contributed by atoms with van der Waals surface area (Å²) in [6.45, 7) is 0.513. The molecule has 166 valence electrons. The van der Waals surface area contributed by atoms with Crippen molar-refractivity contribution in [2.24, 2.45) is 0 Å². The molecule has 2 fully saturated rings. The van der Waals surface area contributed by atoms with Crippen LogP contribution in [-0.4, -0.2) is 34.7 Å². The third-order valence-corrected chi connectivity index (χ3v) is 7.19. The Morgan fingerprint density at radius 2 is 1.76 bits per heavy atom. The van der Waals surface area contributed by atoms with Crippen LogP contribution < -0.4 is 9.64 Å². The van der Waals surface area contributed by atoms with Gasteiger partial charge < -0.3 is 14.2 Å². The quantitative estimate of drug-likeness (QED) is 0.392. The van der Waals surface area contributed by atoms with E-state index < -0.39 is 0 Å². The highest BCUT2D eigenvalue weighted by molar-refractivity contribution is 7.10. The molecule has 8 heteroatoms. The maximum Gasteiger partial charge on any atom is 0.232 e. The number of anilines is 1. The number of hydrogen-bond acceptors (Lipinski definition) is 7. The molecule has 1 saturated carbocycles. The van der Waals surface area contributed by atoms with Gasteiger partial charge in [-0.2, -0.15) is 4.98 Å². The maximum atomic E-state index is 12.6. The average Bonchev–Trinajstić information content (AvgIpc) is 3.24. The summed E-state index contributed by atoms with van der Waals surface area (Å²) in [6, 6.07) is 15.5. The zero-order valence-corrected chi connectivity index (χ0v) is 18.9. The van der Waals surface area contributed by atoms with Gasteiger partial charge in [-0.15, -0.1) is 11.3 Å². The van der Waals surface area contributed by atoms with Gasteiger partial charge in [0.25, 0.3) is 0 Å². The van der Waals surface area contributed by atoms with Gasteiger partial charge >= 0.3 is 0 Å². The highest BCUT2D eigenvalue weighted by Crippen LogP contribution is 2.42. The molecule has 1 atom stereocenters. The second-order valence-corrected chi connectivity index (χ2v) is 9.37. The van der Waals surface area contributed by atoms with Crippen molar-refractivity contribution in [1.82, 2.24) is 15.1 Å². The Labute approximate surface area is 195 Å². The second-order valence-electron chi connectivity index (χ2n) is 8.48. The van der Waals surface area contributed by atoms with Crippen molar-refractivity contribution < 1.29 is 14.1 Å². The van der Waals surface area contributed by atoms with Crippen molar-refractivity contribution in [2.75, 3.05) is 18.6 Å². The van der Waals surface area contributed by atoms with E-state index in [9.17, 15) is 4.79 Å². The van der Waals surface area contributed by atoms with Crippen LogP contribution in [0.5, 0.6) is 5.75 Å². The van der Waals surface area contributed by atoms with E-state index in [0.717, 1.165) is 28.3 Å². The Balaban J connectivity index is 1.16. The molecule has 0 unspecified atom stereocenters. The van der Waals surface area contributed by atoms with E-state index in [2.05, 4.69) is 15.5 Å². The van der Waals surface area contributed by atoms with Crippen LogP contribution in [0.15, 0.2) is 58.4 Å². The number of thiazole rings is 1. The number of carbonyl (C=O) groups excluding carboxylic acids is 1. The zero-order valence-electron chi connectivity index (χ0n) is 18.1. The number of nitrogens with zero attached hydrogens (tertiary/aromatic N) is 4. The number of ether oxygens (including phenoxy) is 1. The minimum absolute atomic E-state index is 0.0445. The Morgan fingerprint density at radius 1 is 1.00 bits per heavy atom. The van der Waals surface area contributed by atoms with E-state index in [-0.39, 0.29) is 11.8 Å². The Bertz CT molecular complexity index is 1290. The summed E-state index contributed by atoms with van der Waals surface area (Å²) in [6.07, 6.45) is 2.87. The average molecular weight is 459 g/mol. The third kappa shape index (κ3) is 3.91. The van der Waals surface area contributed by atoms with Gasteiger partial charge in [0.15, 0.2) is 0 Å². The Hall–Kier alpha value is -3.52. The van der Waals surface area contributed by atoms with Crippen LogP contribution in [0.1, 0.15) is 42.0 Å². The van der Waals surface area contributed by atoms with Gasteiger partial charge in [-0.25, -0.2) is 4.98 Å². The number of carbonyl (C=O) groups is 1. The van der Waals surface area contributed by atoms with E-state index in [1.165, 1.54) is 17.8 Å². The van der Waals surface area contributed by atoms with Gasteiger partial charge in [-0.3, -0.25) is 4.79 Å². The van der Waals surface area contributed by atoms with Crippen LogP contribution >= 0.6 is 11.3 Å². The van der Waals surface area contributed by atoms with Crippen molar-refractivity contribution in [1.29, 1.82) is 0 Å². The van der Waals surface area contributed by atoms with Crippen molar-refractivity contribution in [3.8, 4) is 28.4 Å². The third-order valence-electron chi connectivity index (χ3n) is 6.19. The molecule has 1 aliphatic heterocycles. The molecule has 33 heavy (non-hydrogen) atoms. The molecule has 4 aromatic rings. The van der Waals surface area contributed by atoms with E-state index in [1.807, 2.05) is 48.5 Å². The Morgan fingerprint density at radius 3 is 2.48 bits per heavy atom. The SMILES string of the molecule is COc1ccc(N2C[C@H](c3nc(-c4ccc(-c5csc(C6CC6)n5)cc4)no3)CC2=O)cc1. The summed E-state index contributed by atoms with van der Waals surface area (Å²) in [4.78, 5) is 23.7. The minimum Gasteiger partial charge on any atom is -0.497 e. The normalized spacial score (nSPS) is 18.2. The summed E-state index contributed by atoms with van der Waals surface area (Å²) in [5.41, 5.74) is 3.82. The van der Waals surface area contributed by atoms with Gasteiger partial charge in [0.2, 0.25) is 17.6 Å². The number of methoxy groups -OCH3 is 1. The van der Waals surface area contributed by atoms with Crippen LogP contribution in [0.25, 0.3) is 22.6 Å². The summed E-state index contributed by atoms with van der Waals surface area (Å²) >= 11 is 1.74. The first-order valence-corrected chi connectivity index (χ1v) is 11.9. The molecular formula is C25H22N4O3S. The number of benzene rings is 2. The second kappa shape index (κ2) is 8.12. The van der Waals surface area contributed by atoms with E-state index >= 15 is 0 Å². The minimum atomic E-state index is -0.129. The lowest BCUT2D eigenvalue weighted by Gasteiger charge is -2.16. The molecule has 7 nitrogen and oxygen atoms in total. The standard InChI is InChI=1S/C25H22N4O3S/c1-31-20-10-8-19(9-11-20)29-13-18(12-22(29)30)24-27-23(28-32-24)16-4-2-15(3-5-16)21-14-33-25(26-21)17-6-7-17/h2-5,8-11,14,17-18H,6-7,12-13H2,1H3/t18-/m1/s1. The monoisotopic (exact) mass is 458 g/mol. The highest BCUT2D eigenvalue weighted by atomic mass is 32.1. The van der Waals surface area contributed by atoms with Crippen LogP contribution in [0, 0.1) is 0 Å². The molecule has 1 amide bonds. The lowest BCUT2D eigenvalue weighted by atomic mass is 10.1. The molecule has 0 bridgehead atoms. The number of rotatable bonds is 6. The molecule has 0 radical (unpaired) electrons. The lowest BCUT2D eigenvalue weighted by Crippen LogP contribution is -2.24. The molecule has 2 aliphatic rings. The Kier molecular flexibility index (Phi) is 4.95. The first-order chi connectivity index (χ1) is 16.2. The number of aromatic nitrogens is 3. The van der Waals surface area contributed by atoms with Crippen molar-refractivity contribution in [2.45, 2.75) is 31.1 Å². The molecule has 0 N–H and O–H groups in total. The van der Waals surface area contributed by atoms with Crippen molar-refractivity contribution in [3.05, 3.63) is 64.8 Å². The molecular weight excluding hydrogens is 436 g/mol. The van der Waals surface area contributed by atoms with Crippen LogP contribution in [0.4, 0.5) is 5.69 Å². The highest BCUT2D eigenvalue weighted by Gasteiger charge is 2.35. The number of hydrogen-bond donors (Lipinski definition) is 0. The summed E-state index contributed by atoms with van der Waals surface area (Å²) in [7, 11) is 1.62. The first kappa shape index (κ1) is 20.1. The van der Waals surface area contributed by atoms with Crippen LogP contribution in [-0.2, 0) is 4.79 Å². The number of amides is 1. The van der Waals surface area contributed by atoms with E-state index in [4.69, 9.17) is 14.2 Å². The summed E-state index contributed by atoms with van der Waals surface area (Å²) < 4.78 is 10.8. The molecule has 6 rings (SSSR count). The predicted molar refractivity (Wildman–Crippen MR) is 126 cm³/mol. The molecule has 2 aromatic carbocycles. The summed E-state index contributed by atoms with van der Waals surface area (Å²) in [5.74, 6) is 2.37. The first-order valence-electron chi connectivity index (χ1n) is 11.0. The van der Waals surface area contributed by atoms with Crippen LogP contribution in [0.2, 0.25) is 0 Å². The lowest BCUT2D eigenvalue weighted by molar-refractivity contribution is -0.117.